The molecule has 1 heterocycles. The van der Waals surface area contributed by atoms with Crippen LogP contribution in [0.2, 0.25) is 0 Å². The Bertz CT molecular complexity index is 438. The van der Waals surface area contributed by atoms with Crippen molar-refractivity contribution in [2.75, 3.05) is 32.8 Å². The summed E-state index contributed by atoms with van der Waals surface area (Å²) < 4.78 is 11.3. The molecule has 5 nitrogen and oxygen atoms in total. The molecular weight excluding hydrogens is 256 g/mol. The van der Waals surface area contributed by atoms with E-state index in [-0.39, 0.29) is 0 Å². The zero-order chi connectivity index (χ0) is 14.2. The molecule has 2 rings (SSSR count). The molecule has 1 N–H and O–H groups in total. The van der Waals surface area contributed by atoms with Gasteiger partial charge in [-0.2, -0.15) is 0 Å². The summed E-state index contributed by atoms with van der Waals surface area (Å²) in [6.07, 6.45) is 1.68. The lowest BCUT2D eigenvalue weighted by molar-refractivity contribution is 0.200. The van der Waals surface area contributed by atoms with Crippen molar-refractivity contribution in [3.63, 3.8) is 0 Å². The van der Waals surface area contributed by atoms with Crippen LogP contribution in [0.4, 0.5) is 0 Å². The molecule has 1 aromatic carbocycles. The number of hydrogen-bond acceptors (Lipinski definition) is 5. The van der Waals surface area contributed by atoms with Crippen molar-refractivity contribution >= 4 is 5.71 Å². The average Bonchev–Trinajstić information content (AvgIpc) is 2.50. The number of likely N-dealkylation sites (tertiary alicyclic amines) is 1. The first-order chi connectivity index (χ1) is 9.83. The number of piperidine rings is 1. The van der Waals surface area contributed by atoms with E-state index in [9.17, 15) is 0 Å². The van der Waals surface area contributed by atoms with Gasteiger partial charge in [0.05, 0.1) is 12.3 Å². The lowest BCUT2D eigenvalue weighted by Crippen LogP contribution is -2.36. The number of oxime groups is 1. The number of ether oxygens (including phenoxy) is 2. The number of para-hydroxylation sites is 2. The molecule has 0 unspecified atom stereocenters. The van der Waals surface area contributed by atoms with Crippen molar-refractivity contribution in [2.45, 2.75) is 19.8 Å². The molecule has 0 amide bonds. The van der Waals surface area contributed by atoms with Gasteiger partial charge in [0.15, 0.2) is 11.5 Å². The zero-order valence-corrected chi connectivity index (χ0v) is 11.9. The summed E-state index contributed by atoms with van der Waals surface area (Å²) >= 11 is 0. The molecule has 0 saturated carbocycles. The van der Waals surface area contributed by atoms with E-state index in [1.807, 2.05) is 31.2 Å². The maximum Gasteiger partial charge on any atom is 0.161 e. The van der Waals surface area contributed by atoms with Crippen LogP contribution in [0.5, 0.6) is 11.5 Å². The van der Waals surface area contributed by atoms with Crippen LogP contribution in [0, 0.1) is 0 Å². The smallest absolute Gasteiger partial charge is 0.161 e. The molecule has 20 heavy (non-hydrogen) atoms. The van der Waals surface area contributed by atoms with Crippen molar-refractivity contribution < 1.29 is 14.7 Å². The van der Waals surface area contributed by atoms with Gasteiger partial charge in [0.25, 0.3) is 0 Å². The van der Waals surface area contributed by atoms with Gasteiger partial charge in [0, 0.05) is 32.5 Å². The van der Waals surface area contributed by atoms with Gasteiger partial charge < -0.3 is 14.7 Å². The van der Waals surface area contributed by atoms with Crippen LogP contribution in [-0.2, 0) is 0 Å². The maximum absolute atomic E-state index is 8.71. The fourth-order valence-corrected chi connectivity index (χ4v) is 2.26. The second kappa shape index (κ2) is 7.75. The van der Waals surface area contributed by atoms with Crippen molar-refractivity contribution in [1.29, 1.82) is 0 Å². The van der Waals surface area contributed by atoms with Crippen molar-refractivity contribution in [3.05, 3.63) is 24.3 Å². The molecular formula is C15H22N2O3. The quantitative estimate of drug-likeness (QED) is 0.641. The Morgan fingerprint density at radius 3 is 2.40 bits per heavy atom. The molecule has 0 atom stereocenters. The Hall–Kier alpha value is -1.75. The Morgan fingerprint density at radius 2 is 1.80 bits per heavy atom. The highest BCUT2D eigenvalue weighted by Crippen LogP contribution is 2.26. The number of hydrogen-bond donors (Lipinski definition) is 1. The van der Waals surface area contributed by atoms with E-state index in [0.29, 0.717) is 13.2 Å². The fraction of sp³-hybridized carbons (Fsp3) is 0.533. The van der Waals surface area contributed by atoms with E-state index in [1.165, 1.54) is 0 Å². The van der Waals surface area contributed by atoms with Crippen LogP contribution >= 0.6 is 0 Å². The summed E-state index contributed by atoms with van der Waals surface area (Å²) in [6, 6.07) is 7.74. The molecule has 1 aliphatic rings. The van der Waals surface area contributed by atoms with Gasteiger partial charge in [0.1, 0.15) is 6.61 Å². The molecule has 0 aliphatic carbocycles. The lowest BCUT2D eigenvalue weighted by atomic mass is 10.1. The van der Waals surface area contributed by atoms with Gasteiger partial charge in [-0.05, 0) is 19.1 Å². The molecule has 1 aromatic rings. The number of benzene rings is 1. The van der Waals surface area contributed by atoms with Crippen LogP contribution in [0.3, 0.4) is 0 Å². The second-order valence-electron chi connectivity index (χ2n) is 4.74. The first-order valence-corrected chi connectivity index (χ1v) is 7.10. The molecule has 0 radical (unpaired) electrons. The average molecular weight is 278 g/mol. The zero-order valence-electron chi connectivity index (χ0n) is 11.9. The molecule has 110 valence electrons. The molecule has 0 bridgehead atoms. The Kier molecular flexibility index (Phi) is 5.68. The van der Waals surface area contributed by atoms with E-state index in [0.717, 1.165) is 49.7 Å². The third-order valence-electron chi connectivity index (χ3n) is 3.39. The van der Waals surface area contributed by atoms with Crippen LogP contribution in [-0.4, -0.2) is 48.7 Å². The van der Waals surface area contributed by atoms with E-state index in [1.54, 1.807) is 0 Å². The largest absolute Gasteiger partial charge is 0.490 e. The molecule has 1 fully saturated rings. The summed E-state index contributed by atoms with van der Waals surface area (Å²) in [5, 5.41) is 12.0. The minimum absolute atomic E-state index is 0.635. The topological polar surface area (TPSA) is 54.3 Å². The first-order valence-electron chi connectivity index (χ1n) is 7.10. The predicted molar refractivity (Wildman–Crippen MR) is 78.0 cm³/mol. The third-order valence-corrected chi connectivity index (χ3v) is 3.39. The van der Waals surface area contributed by atoms with E-state index >= 15 is 0 Å². The minimum atomic E-state index is 0.635. The second-order valence-corrected chi connectivity index (χ2v) is 4.74. The minimum Gasteiger partial charge on any atom is -0.490 e. The molecule has 0 aromatic heterocycles. The van der Waals surface area contributed by atoms with Crippen molar-refractivity contribution in [3.8, 4) is 11.5 Å². The Balaban J connectivity index is 1.76. The summed E-state index contributed by atoms with van der Waals surface area (Å²) in [5.74, 6) is 1.59. The third kappa shape index (κ3) is 4.13. The number of rotatable bonds is 6. The Labute approximate surface area is 119 Å². The SMILES string of the molecule is CCOc1ccccc1OCCN1CCC(=NO)CC1. The number of nitrogens with zero attached hydrogens (tertiary/aromatic N) is 2. The maximum atomic E-state index is 8.71. The first kappa shape index (κ1) is 14.7. The summed E-state index contributed by atoms with van der Waals surface area (Å²) in [7, 11) is 0. The highest BCUT2D eigenvalue weighted by molar-refractivity contribution is 5.84. The van der Waals surface area contributed by atoms with Crippen LogP contribution in [0.1, 0.15) is 19.8 Å². The summed E-state index contributed by atoms with van der Waals surface area (Å²) in [5.41, 5.74) is 0.892. The molecule has 0 spiro atoms. The highest BCUT2D eigenvalue weighted by Gasteiger charge is 2.15. The van der Waals surface area contributed by atoms with E-state index in [4.69, 9.17) is 14.7 Å². The van der Waals surface area contributed by atoms with Crippen molar-refractivity contribution in [2.24, 2.45) is 5.16 Å². The van der Waals surface area contributed by atoms with Crippen LogP contribution in [0.25, 0.3) is 0 Å². The van der Waals surface area contributed by atoms with E-state index in [2.05, 4.69) is 10.1 Å². The lowest BCUT2D eigenvalue weighted by Gasteiger charge is -2.26. The standard InChI is InChI=1S/C15H22N2O3/c1-2-19-14-5-3-4-6-15(14)20-12-11-17-9-7-13(16-18)8-10-17/h3-6,18H,2,7-12H2,1H3. The van der Waals surface area contributed by atoms with Gasteiger partial charge >= 0.3 is 0 Å². The molecule has 1 aliphatic heterocycles. The van der Waals surface area contributed by atoms with Gasteiger partial charge in [0.2, 0.25) is 0 Å². The van der Waals surface area contributed by atoms with Crippen LogP contribution < -0.4 is 9.47 Å². The molecule has 1 saturated heterocycles. The van der Waals surface area contributed by atoms with Gasteiger partial charge in [-0.25, -0.2) is 0 Å². The van der Waals surface area contributed by atoms with Gasteiger partial charge in [-0.3, -0.25) is 4.90 Å². The van der Waals surface area contributed by atoms with E-state index < -0.39 is 0 Å². The van der Waals surface area contributed by atoms with Crippen molar-refractivity contribution in [1.82, 2.24) is 4.90 Å². The summed E-state index contributed by atoms with van der Waals surface area (Å²) in [4.78, 5) is 2.32. The van der Waals surface area contributed by atoms with Crippen LogP contribution in [0.15, 0.2) is 29.4 Å². The molecule has 5 heteroatoms. The summed E-state index contributed by atoms with van der Waals surface area (Å²) in [6.45, 7) is 5.96. The van der Waals surface area contributed by atoms with Gasteiger partial charge in [-0.1, -0.05) is 17.3 Å². The normalized spacial score (nSPS) is 15.9. The fourth-order valence-electron chi connectivity index (χ4n) is 2.26. The van der Waals surface area contributed by atoms with Gasteiger partial charge in [-0.15, -0.1) is 0 Å². The Morgan fingerprint density at radius 1 is 1.15 bits per heavy atom. The monoisotopic (exact) mass is 278 g/mol. The highest BCUT2D eigenvalue weighted by atomic mass is 16.5. The predicted octanol–water partition coefficient (Wildman–Crippen LogP) is 2.39.